The summed E-state index contributed by atoms with van der Waals surface area (Å²) in [5.41, 5.74) is 6.00. The van der Waals surface area contributed by atoms with E-state index in [2.05, 4.69) is 23.2 Å². The highest BCUT2D eigenvalue weighted by Gasteiger charge is 2.23. The number of carbonyl (C=O) groups is 1. The van der Waals surface area contributed by atoms with E-state index in [1.165, 1.54) is 22.0 Å². The third-order valence-corrected chi connectivity index (χ3v) is 6.81. The molecule has 162 valence electrons. The van der Waals surface area contributed by atoms with Crippen LogP contribution in [0.1, 0.15) is 47.6 Å². The number of aryl methyl sites for hydroxylation is 2. The number of para-hydroxylation sites is 1. The van der Waals surface area contributed by atoms with Gasteiger partial charge in [-0.25, -0.2) is 4.98 Å². The van der Waals surface area contributed by atoms with E-state index < -0.39 is 0 Å². The van der Waals surface area contributed by atoms with Crippen LogP contribution in [0.25, 0.3) is 16.7 Å². The van der Waals surface area contributed by atoms with Crippen molar-refractivity contribution in [2.45, 2.75) is 52.0 Å². The number of Topliss-reactive ketones (excluding diaryl/α,β-unsaturated/α-hetero) is 1. The van der Waals surface area contributed by atoms with Gasteiger partial charge >= 0.3 is 0 Å². The Balaban J connectivity index is 1.45. The molecule has 4 aromatic rings. The van der Waals surface area contributed by atoms with E-state index in [0.29, 0.717) is 17.5 Å². The zero-order chi connectivity index (χ0) is 22.2. The van der Waals surface area contributed by atoms with Crippen LogP contribution in [0.15, 0.2) is 65.7 Å². The number of benzene rings is 2. The molecule has 5 rings (SSSR count). The van der Waals surface area contributed by atoms with Crippen LogP contribution in [0, 0.1) is 13.8 Å². The highest BCUT2D eigenvalue weighted by molar-refractivity contribution is 5.84. The van der Waals surface area contributed by atoms with Crippen molar-refractivity contribution >= 4 is 16.8 Å². The van der Waals surface area contributed by atoms with Crippen molar-refractivity contribution in [2.75, 3.05) is 0 Å². The highest BCUT2D eigenvalue weighted by atomic mass is 16.1. The molecule has 1 aliphatic rings. The second kappa shape index (κ2) is 8.23. The smallest absolute Gasteiger partial charge is 0.263 e. The Morgan fingerprint density at radius 1 is 1.06 bits per heavy atom. The molecule has 0 bridgehead atoms. The zero-order valence-corrected chi connectivity index (χ0v) is 18.5. The molecule has 0 fully saturated rings. The molecule has 32 heavy (non-hydrogen) atoms. The van der Waals surface area contributed by atoms with Crippen LogP contribution in [0.5, 0.6) is 0 Å². The lowest BCUT2D eigenvalue weighted by atomic mass is 9.80. The third-order valence-electron chi connectivity index (χ3n) is 6.81. The molecule has 0 amide bonds. The third kappa shape index (κ3) is 3.48. The first-order valence-corrected chi connectivity index (χ1v) is 11.3. The first kappa shape index (κ1) is 20.4. The lowest BCUT2D eigenvalue weighted by molar-refractivity contribution is -0.120. The fourth-order valence-corrected chi connectivity index (χ4v) is 5.09. The van der Waals surface area contributed by atoms with E-state index >= 15 is 0 Å². The molecule has 1 aliphatic carbocycles. The van der Waals surface area contributed by atoms with Crippen molar-refractivity contribution in [1.82, 2.24) is 14.1 Å². The van der Waals surface area contributed by atoms with Crippen LogP contribution in [-0.2, 0) is 17.8 Å². The van der Waals surface area contributed by atoms with Crippen molar-refractivity contribution in [1.29, 1.82) is 0 Å². The van der Waals surface area contributed by atoms with E-state index in [0.717, 1.165) is 36.2 Å². The van der Waals surface area contributed by atoms with Gasteiger partial charge in [0.25, 0.3) is 5.56 Å². The van der Waals surface area contributed by atoms with Gasteiger partial charge in [-0.05, 0) is 67.9 Å². The monoisotopic (exact) mass is 425 g/mol. The Morgan fingerprint density at radius 3 is 2.62 bits per heavy atom. The van der Waals surface area contributed by atoms with Crippen LogP contribution >= 0.6 is 0 Å². The molecule has 0 N–H and O–H groups in total. The summed E-state index contributed by atoms with van der Waals surface area (Å²) in [6.07, 6.45) is 5.19. The molecule has 0 saturated heterocycles. The number of hydrogen-bond acceptors (Lipinski definition) is 3. The number of rotatable bonds is 5. The maximum Gasteiger partial charge on any atom is 0.263 e. The van der Waals surface area contributed by atoms with Crippen LogP contribution in [0.4, 0.5) is 0 Å². The Bertz CT molecular complexity index is 1370. The number of carbonyl (C=O) groups excluding carboxylic acids is 1. The van der Waals surface area contributed by atoms with Crippen LogP contribution in [0.3, 0.4) is 0 Å². The summed E-state index contributed by atoms with van der Waals surface area (Å²) in [6.45, 7) is 4.01. The van der Waals surface area contributed by atoms with E-state index in [1.54, 1.807) is 0 Å². The minimum absolute atomic E-state index is 0.0649. The molecule has 2 aromatic heterocycles. The van der Waals surface area contributed by atoms with Crippen LogP contribution in [0.2, 0.25) is 0 Å². The molecule has 2 aromatic carbocycles. The summed E-state index contributed by atoms with van der Waals surface area (Å²) in [5, 5.41) is 0.588. The Morgan fingerprint density at radius 2 is 1.81 bits per heavy atom. The molecule has 2 heterocycles. The van der Waals surface area contributed by atoms with Gasteiger partial charge in [0.15, 0.2) is 11.4 Å². The van der Waals surface area contributed by atoms with E-state index in [1.807, 2.05) is 54.8 Å². The normalized spacial score (nSPS) is 15.6. The maximum atomic E-state index is 13.3. The van der Waals surface area contributed by atoms with Gasteiger partial charge in [-0.2, -0.15) is 0 Å². The SMILES string of the molecule is Cc1c(C)n(-c2ccccc2)c2ncn(CC(=O)CC3CCCc4ccccc43)c(=O)c12. The van der Waals surface area contributed by atoms with Gasteiger partial charge in [-0.1, -0.05) is 42.5 Å². The number of aromatic nitrogens is 3. The molecule has 0 spiro atoms. The minimum atomic E-state index is -0.150. The summed E-state index contributed by atoms with van der Waals surface area (Å²) in [5.74, 6) is 0.315. The summed E-state index contributed by atoms with van der Waals surface area (Å²) < 4.78 is 3.48. The molecule has 0 saturated carbocycles. The van der Waals surface area contributed by atoms with E-state index in [9.17, 15) is 9.59 Å². The summed E-state index contributed by atoms with van der Waals surface area (Å²) >= 11 is 0. The Labute approximate surface area is 187 Å². The topological polar surface area (TPSA) is 56.9 Å². The standard InChI is InChI=1S/C27H27N3O2/c1-18-19(2)30(22-12-4-3-5-13-22)26-25(18)27(32)29(17-28-26)16-23(31)15-21-11-8-10-20-9-6-7-14-24(20)21/h3-7,9,12-14,17,21H,8,10-11,15-16H2,1-2H3. The van der Waals surface area contributed by atoms with Gasteiger partial charge < -0.3 is 0 Å². The Hall–Kier alpha value is -3.47. The lowest BCUT2D eigenvalue weighted by Gasteiger charge is -2.25. The molecular formula is C27H27N3O2. The maximum absolute atomic E-state index is 13.3. The van der Waals surface area contributed by atoms with Crippen molar-refractivity contribution in [2.24, 2.45) is 0 Å². The highest BCUT2D eigenvalue weighted by Crippen LogP contribution is 2.34. The zero-order valence-electron chi connectivity index (χ0n) is 18.5. The summed E-state index contributed by atoms with van der Waals surface area (Å²) in [6, 6.07) is 18.3. The Kier molecular flexibility index (Phi) is 5.25. The first-order chi connectivity index (χ1) is 15.5. The minimum Gasteiger partial charge on any atom is -0.298 e. The van der Waals surface area contributed by atoms with Crippen molar-refractivity contribution in [3.05, 3.63) is 93.7 Å². The average molecular weight is 426 g/mol. The number of hydrogen-bond donors (Lipinski definition) is 0. The molecule has 5 heteroatoms. The van der Waals surface area contributed by atoms with Crippen molar-refractivity contribution in [3.63, 3.8) is 0 Å². The second-order valence-corrected chi connectivity index (χ2v) is 8.79. The average Bonchev–Trinajstić information content (AvgIpc) is 3.07. The number of fused-ring (bicyclic) bond motifs is 2. The largest absolute Gasteiger partial charge is 0.298 e. The summed E-state index contributed by atoms with van der Waals surface area (Å²) in [4.78, 5) is 30.9. The second-order valence-electron chi connectivity index (χ2n) is 8.79. The fourth-order valence-electron chi connectivity index (χ4n) is 5.09. The predicted octanol–water partition coefficient (Wildman–Crippen LogP) is 4.88. The molecule has 0 radical (unpaired) electrons. The van der Waals surface area contributed by atoms with E-state index in [-0.39, 0.29) is 23.8 Å². The van der Waals surface area contributed by atoms with Gasteiger partial charge in [0.05, 0.1) is 11.9 Å². The molecular weight excluding hydrogens is 398 g/mol. The number of ketones is 1. The van der Waals surface area contributed by atoms with Crippen molar-refractivity contribution in [3.8, 4) is 5.69 Å². The predicted molar refractivity (Wildman–Crippen MR) is 127 cm³/mol. The van der Waals surface area contributed by atoms with Gasteiger partial charge in [-0.15, -0.1) is 0 Å². The van der Waals surface area contributed by atoms with E-state index in [4.69, 9.17) is 0 Å². The first-order valence-electron chi connectivity index (χ1n) is 11.3. The van der Waals surface area contributed by atoms with Crippen LogP contribution in [-0.4, -0.2) is 19.9 Å². The van der Waals surface area contributed by atoms with Gasteiger partial charge in [-0.3, -0.25) is 18.7 Å². The molecule has 1 unspecified atom stereocenters. The fraction of sp³-hybridized carbons (Fsp3) is 0.296. The van der Waals surface area contributed by atoms with Gasteiger partial charge in [0.2, 0.25) is 0 Å². The number of nitrogens with zero attached hydrogens (tertiary/aromatic N) is 3. The van der Waals surface area contributed by atoms with Crippen LogP contribution < -0.4 is 5.56 Å². The van der Waals surface area contributed by atoms with Gasteiger partial charge in [0.1, 0.15) is 6.33 Å². The molecule has 1 atom stereocenters. The quantitative estimate of drug-likeness (QED) is 0.458. The van der Waals surface area contributed by atoms with Gasteiger partial charge in [0, 0.05) is 17.8 Å². The summed E-state index contributed by atoms with van der Waals surface area (Å²) in [7, 11) is 0. The van der Waals surface area contributed by atoms with Crippen molar-refractivity contribution < 1.29 is 4.79 Å². The molecule has 5 nitrogen and oxygen atoms in total. The molecule has 0 aliphatic heterocycles. The lowest BCUT2D eigenvalue weighted by Crippen LogP contribution is -2.26.